The van der Waals surface area contributed by atoms with Crippen LogP contribution in [0.4, 0.5) is 0 Å². The molecule has 1 aliphatic heterocycles. The highest BCUT2D eigenvalue weighted by Gasteiger charge is 2.32. The lowest BCUT2D eigenvalue weighted by Crippen LogP contribution is -2.21. The van der Waals surface area contributed by atoms with Gasteiger partial charge < -0.3 is 24.4 Å². The van der Waals surface area contributed by atoms with E-state index < -0.39 is 11.9 Å². The number of carbonyl (C=O) groups is 1. The topological polar surface area (TPSA) is 108 Å². The van der Waals surface area contributed by atoms with Crippen LogP contribution in [0.25, 0.3) is 11.0 Å². The number of esters is 1. The molecule has 1 aromatic heterocycles. The number of halogens is 3. The van der Waals surface area contributed by atoms with Crippen LogP contribution < -0.4 is 19.9 Å². The molecule has 1 aliphatic rings. The number of fused-ring (bicyclic) bond motifs is 2. The second kappa shape index (κ2) is 11.8. The zero-order chi connectivity index (χ0) is 31.1. The molecule has 1 atom stereocenters. The Morgan fingerprint density at radius 1 is 0.977 bits per heavy atom. The minimum atomic E-state index is -0.674. The van der Waals surface area contributed by atoms with Crippen molar-refractivity contribution in [1.82, 2.24) is 0 Å². The Morgan fingerprint density at radius 2 is 1.80 bits per heavy atom. The maximum atomic E-state index is 13.1. The van der Waals surface area contributed by atoms with Gasteiger partial charge in [0.25, 0.3) is 0 Å². The fourth-order valence-corrected chi connectivity index (χ4v) is 5.74. The SMILES string of the molecule is Cc1cc2oc(C(=O)Oc3ccc4c(c3)OC(N)=C(C#N)C4c3cccc(OCc4ccc(Cl)cc4Cl)c3)c(C)c2cc1Cl. The molecule has 6 rings (SSSR count). The molecule has 1 unspecified atom stereocenters. The third-order valence-corrected chi connectivity index (χ3v) is 8.40. The minimum Gasteiger partial charge on any atom is -0.489 e. The lowest BCUT2D eigenvalue weighted by atomic mass is 9.83. The van der Waals surface area contributed by atoms with E-state index in [1.807, 2.05) is 31.2 Å². The van der Waals surface area contributed by atoms with E-state index in [4.69, 9.17) is 59.2 Å². The van der Waals surface area contributed by atoms with E-state index >= 15 is 0 Å². The van der Waals surface area contributed by atoms with Crippen LogP contribution >= 0.6 is 34.8 Å². The lowest BCUT2D eigenvalue weighted by Gasteiger charge is -2.27. The first kappa shape index (κ1) is 29.5. The highest BCUT2D eigenvalue weighted by atomic mass is 35.5. The van der Waals surface area contributed by atoms with Crippen LogP contribution in [0.1, 0.15) is 44.3 Å². The number of ether oxygens (including phenoxy) is 3. The van der Waals surface area contributed by atoms with Gasteiger partial charge in [0.1, 0.15) is 41.1 Å². The van der Waals surface area contributed by atoms with Gasteiger partial charge in [-0.25, -0.2) is 4.79 Å². The van der Waals surface area contributed by atoms with Crippen LogP contribution in [0.15, 0.2) is 88.7 Å². The van der Waals surface area contributed by atoms with Gasteiger partial charge >= 0.3 is 5.97 Å². The van der Waals surface area contributed by atoms with Gasteiger partial charge in [-0.1, -0.05) is 59.1 Å². The third-order valence-electron chi connectivity index (χ3n) is 7.40. The molecule has 44 heavy (non-hydrogen) atoms. The molecule has 2 heterocycles. The quantitative estimate of drug-likeness (QED) is 0.145. The van der Waals surface area contributed by atoms with Crippen LogP contribution in [0.3, 0.4) is 0 Å². The summed E-state index contributed by atoms with van der Waals surface area (Å²) in [6.07, 6.45) is 0. The molecule has 4 aromatic carbocycles. The molecule has 0 spiro atoms. The Balaban J connectivity index is 1.27. The van der Waals surface area contributed by atoms with Gasteiger partial charge in [0.15, 0.2) is 0 Å². The first-order chi connectivity index (χ1) is 21.1. The number of hydrogen-bond donors (Lipinski definition) is 1. The van der Waals surface area contributed by atoms with Crippen LogP contribution in [-0.4, -0.2) is 5.97 Å². The summed E-state index contributed by atoms with van der Waals surface area (Å²) in [4.78, 5) is 13.1. The van der Waals surface area contributed by atoms with Crippen molar-refractivity contribution in [2.24, 2.45) is 5.73 Å². The van der Waals surface area contributed by atoms with Crippen molar-refractivity contribution >= 4 is 51.7 Å². The highest BCUT2D eigenvalue weighted by Crippen LogP contribution is 2.44. The van der Waals surface area contributed by atoms with Gasteiger partial charge in [-0.15, -0.1) is 0 Å². The molecular formula is C34H23Cl3N2O5. The molecule has 0 bridgehead atoms. The molecule has 0 saturated heterocycles. The largest absolute Gasteiger partial charge is 0.489 e. The van der Waals surface area contributed by atoms with Crippen molar-refractivity contribution in [3.63, 3.8) is 0 Å². The van der Waals surface area contributed by atoms with Gasteiger partial charge in [-0.2, -0.15) is 5.26 Å². The molecule has 7 nitrogen and oxygen atoms in total. The summed E-state index contributed by atoms with van der Waals surface area (Å²) >= 11 is 18.6. The number of nitrogens with zero attached hydrogens (tertiary/aromatic N) is 1. The van der Waals surface area contributed by atoms with Gasteiger partial charge in [-0.05, 0) is 67.4 Å². The summed E-state index contributed by atoms with van der Waals surface area (Å²) in [5.41, 5.74) is 10.6. The Kier molecular flexibility index (Phi) is 7.91. The summed E-state index contributed by atoms with van der Waals surface area (Å²) in [5.74, 6) is -0.0743. The van der Waals surface area contributed by atoms with E-state index in [1.165, 1.54) is 0 Å². The summed E-state index contributed by atoms with van der Waals surface area (Å²) in [6.45, 7) is 3.85. The molecule has 0 fully saturated rings. The standard InChI is InChI=1S/C34H23Cl3N2O5/c1-17-10-29-25(14-27(17)36)18(2)32(43-29)34(40)42-23-8-9-24-30(13-23)44-33(39)26(15-38)31(24)19-4-3-5-22(11-19)41-16-20-6-7-21(35)12-28(20)37/h3-14,31H,16,39H2,1-2H3. The first-order valence-electron chi connectivity index (χ1n) is 13.4. The predicted octanol–water partition coefficient (Wildman–Crippen LogP) is 9.03. The number of rotatable bonds is 6. The number of furan rings is 1. The van der Waals surface area contributed by atoms with Crippen molar-refractivity contribution in [1.29, 1.82) is 5.26 Å². The average Bonchev–Trinajstić information content (AvgIpc) is 3.31. The molecule has 0 aliphatic carbocycles. The molecular weight excluding hydrogens is 623 g/mol. The average molecular weight is 646 g/mol. The van der Waals surface area contributed by atoms with Crippen molar-refractivity contribution < 1.29 is 23.4 Å². The van der Waals surface area contributed by atoms with E-state index in [2.05, 4.69) is 6.07 Å². The number of hydrogen-bond acceptors (Lipinski definition) is 7. The third kappa shape index (κ3) is 5.56. The molecule has 0 amide bonds. The van der Waals surface area contributed by atoms with E-state index in [-0.39, 0.29) is 29.6 Å². The molecule has 0 saturated carbocycles. The van der Waals surface area contributed by atoms with Crippen LogP contribution in [-0.2, 0) is 6.61 Å². The Bertz CT molecular complexity index is 2040. The van der Waals surface area contributed by atoms with Crippen LogP contribution in [0, 0.1) is 25.2 Å². The number of carbonyl (C=O) groups excluding carboxylic acids is 1. The summed E-state index contributed by atoms with van der Waals surface area (Å²) in [6, 6.07) is 23.2. The number of nitrogens with two attached hydrogens (primary N) is 1. The van der Waals surface area contributed by atoms with Gasteiger partial charge in [0, 0.05) is 43.2 Å². The van der Waals surface area contributed by atoms with E-state index in [9.17, 15) is 10.1 Å². The molecule has 0 radical (unpaired) electrons. The van der Waals surface area contributed by atoms with E-state index in [1.54, 1.807) is 55.5 Å². The Labute approximate surface area is 267 Å². The number of aryl methyl sites for hydroxylation is 2. The maximum Gasteiger partial charge on any atom is 0.379 e. The summed E-state index contributed by atoms with van der Waals surface area (Å²) < 4.78 is 23.3. The van der Waals surface area contributed by atoms with E-state index in [0.717, 1.165) is 22.1 Å². The van der Waals surface area contributed by atoms with Gasteiger partial charge in [0.2, 0.25) is 11.6 Å². The second-order valence-electron chi connectivity index (χ2n) is 10.3. The number of nitriles is 1. The van der Waals surface area contributed by atoms with Crippen LogP contribution in [0.5, 0.6) is 17.2 Å². The predicted molar refractivity (Wildman–Crippen MR) is 169 cm³/mol. The van der Waals surface area contributed by atoms with Crippen molar-refractivity contribution in [2.75, 3.05) is 0 Å². The Morgan fingerprint density at radius 3 is 2.57 bits per heavy atom. The zero-order valence-corrected chi connectivity index (χ0v) is 25.7. The Hall–Kier alpha value is -4.61. The smallest absolute Gasteiger partial charge is 0.379 e. The van der Waals surface area contributed by atoms with Crippen molar-refractivity contribution in [2.45, 2.75) is 26.4 Å². The van der Waals surface area contributed by atoms with Crippen LogP contribution in [0.2, 0.25) is 15.1 Å². The van der Waals surface area contributed by atoms with E-state index in [0.29, 0.717) is 43.3 Å². The first-order valence-corrected chi connectivity index (χ1v) is 14.6. The summed E-state index contributed by atoms with van der Waals surface area (Å²) in [5, 5.41) is 12.3. The fraction of sp³-hybridized carbons (Fsp3) is 0.118. The molecule has 10 heteroatoms. The summed E-state index contributed by atoms with van der Waals surface area (Å²) in [7, 11) is 0. The fourth-order valence-electron chi connectivity index (χ4n) is 5.12. The molecule has 220 valence electrons. The molecule has 2 N–H and O–H groups in total. The number of benzene rings is 4. The monoisotopic (exact) mass is 644 g/mol. The van der Waals surface area contributed by atoms with Gasteiger partial charge in [0.05, 0.1) is 5.92 Å². The van der Waals surface area contributed by atoms with Crippen molar-refractivity contribution in [3.8, 4) is 23.3 Å². The second-order valence-corrected chi connectivity index (χ2v) is 11.5. The maximum absolute atomic E-state index is 13.1. The van der Waals surface area contributed by atoms with Gasteiger partial charge in [-0.3, -0.25) is 0 Å². The normalized spacial score (nSPS) is 14.1. The molecule has 5 aromatic rings. The minimum absolute atomic E-state index is 0.0480. The highest BCUT2D eigenvalue weighted by molar-refractivity contribution is 6.35. The van der Waals surface area contributed by atoms with Crippen molar-refractivity contribution in [3.05, 3.63) is 133 Å². The number of allylic oxidation sites excluding steroid dienone is 1. The zero-order valence-electron chi connectivity index (χ0n) is 23.4. The lowest BCUT2D eigenvalue weighted by molar-refractivity contribution is 0.0702.